The molecule has 0 saturated carbocycles. The lowest BCUT2D eigenvalue weighted by molar-refractivity contribution is -0.147. The summed E-state index contributed by atoms with van der Waals surface area (Å²) >= 11 is 0. The maximum atomic E-state index is 12.5. The van der Waals surface area contributed by atoms with Gasteiger partial charge in [0.05, 0.1) is 13.7 Å². The number of ether oxygens (including phenoxy) is 2. The second-order valence-electron chi connectivity index (χ2n) is 5.18. The fourth-order valence-electron chi connectivity index (χ4n) is 2.22. The Labute approximate surface area is 129 Å². The second kappa shape index (κ2) is 7.11. The Morgan fingerprint density at radius 1 is 1.32 bits per heavy atom. The molecule has 1 atom stereocenters. The molecule has 1 heterocycles. The molecule has 0 radical (unpaired) electrons. The van der Waals surface area contributed by atoms with Crippen molar-refractivity contribution in [2.75, 3.05) is 13.7 Å². The van der Waals surface area contributed by atoms with E-state index in [0.29, 0.717) is 17.7 Å². The van der Waals surface area contributed by atoms with E-state index >= 15 is 0 Å². The zero-order valence-corrected chi connectivity index (χ0v) is 13.2. The van der Waals surface area contributed by atoms with Gasteiger partial charge in [0.2, 0.25) is 0 Å². The highest BCUT2D eigenvalue weighted by Crippen LogP contribution is 2.19. The number of benzene rings is 1. The molecule has 1 aromatic carbocycles. The normalized spacial score (nSPS) is 12.1. The van der Waals surface area contributed by atoms with E-state index in [1.807, 2.05) is 6.92 Å². The Morgan fingerprint density at radius 2 is 2.09 bits per heavy atom. The van der Waals surface area contributed by atoms with Crippen LogP contribution in [-0.2, 0) is 9.53 Å². The van der Waals surface area contributed by atoms with Crippen LogP contribution in [0, 0.1) is 0 Å². The number of esters is 1. The highest BCUT2D eigenvalue weighted by atomic mass is 16.5. The Balaban J connectivity index is 2.30. The summed E-state index contributed by atoms with van der Waals surface area (Å²) in [6, 6.07) is 6.40. The number of hydrogen-bond donors (Lipinski definition) is 0. The second-order valence-corrected chi connectivity index (χ2v) is 5.18. The molecular weight excluding hydrogens is 282 g/mol. The first kappa shape index (κ1) is 16.1. The largest absolute Gasteiger partial charge is 0.497 e. The van der Waals surface area contributed by atoms with E-state index in [-0.39, 0.29) is 11.5 Å². The van der Waals surface area contributed by atoms with Crippen molar-refractivity contribution >= 4 is 16.7 Å². The van der Waals surface area contributed by atoms with Gasteiger partial charge in [-0.25, -0.2) is 4.79 Å². The molecule has 22 heavy (non-hydrogen) atoms. The first-order valence-electron chi connectivity index (χ1n) is 7.44. The minimum Gasteiger partial charge on any atom is -0.497 e. The highest BCUT2D eigenvalue weighted by molar-refractivity contribution is 5.83. The Hall–Kier alpha value is -2.30. The van der Waals surface area contributed by atoms with Crippen molar-refractivity contribution in [3.8, 4) is 5.75 Å². The number of hydrogen-bond acceptors (Lipinski definition) is 4. The Kier molecular flexibility index (Phi) is 5.20. The molecule has 5 heteroatoms. The molecule has 0 aliphatic carbocycles. The SMILES string of the molecule is CCCCOC(=O)C(C)n1ccc2cc(OC)ccc2c1=O. The van der Waals surface area contributed by atoms with Crippen molar-refractivity contribution in [2.24, 2.45) is 0 Å². The fraction of sp³-hybridized carbons (Fsp3) is 0.412. The van der Waals surface area contributed by atoms with Gasteiger partial charge in [0.15, 0.2) is 0 Å². The van der Waals surface area contributed by atoms with Gasteiger partial charge in [-0.3, -0.25) is 4.79 Å². The van der Waals surface area contributed by atoms with Gasteiger partial charge in [-0.05, 0) is 43.0 Å². The predicted molar refractivity (Wildman–Crippen MR) is 85.3 cm³/mol. The summed E-state index contributed by atoms with van der Waals surface area (Å²) in [5.74, 6) is 0.306. The molecular formula is C17H21NO4. The minimum absolute atomic E-state index is 0.208. The molecule has 0 amide bonds. The van der Waals surface area contributed by atoms with Gasteiger partial charge in [0.25, 0.3) is 5.56 Å². The van der Waals surface area contributed by atoms with Crippen molar-refractivity contribution in [2.45, 2.75) is 32.7 Å². The summed E-state index contributed by atoms with van der Waals surface area (Å²) in [5.41, 5.74) is -0.208. The van der Waals surface area contributed by atoms with Crippen LogP contribution in [-0.4, -0.2) is 24.3 Å². The van der Waals surface area contributed by atoms with Crippen LogP contribution < -0.4 is 10.3 Å². The first-order chi connectivity index (χ1) is 10.6. The van der Waals surface area contributed by atoms with Gasteiger partial charge >= 0.3 is 5.97 Å². The molecule has 0 bridgehead atoms. The van der Waals surface area contributed by atoms with E-state index in [1.165, 1.54) is 4.57 Å². The highest BCUT2D eigenvalue weighted by Gasteiger charge is 2.18. The van der Waals surface area contributed by atoms with Crippen molar-refractivity contribution in [3.05, 3.63) is 40.8 Å². The van der Waals surface area contributed by atoms with Gasteiger partial charge in [-0.15, -0.1) is 0 Å². The number of methoxy groups -OCH3 is 1. The van der Waals surface area contributed by atoms with Crippen molar-refractivity contribution < 1.29 is 14.3 Å². The van der Waals surface area contributed by atoms with E-state index in [1.54, 1.807) is 44.5 Å². The van der Waals surface area contributed by atoms with Gasteiger partial charge in [0, 0.05) is 11.6 Å². The van der Waals surface area contributed by atoms with Gasteiger partial charge in [-0.1, -0.05) is 13.3 Å². The summed E-state index contributed by atoms with van der Waals surface area (Å²) in [7, 11) is 1.58. The molecule has 0 spiro atoms. The average molecular weight is 303 g/mol. The standard InChI is InChI=1S/C17H21NO4/c1-4-5-10-22-17(20)12(2)18-9-8-13-11-14(21-3)6-7-15(13)16(18)19/h6-9,11-12H,4-5,10H2,1-3H3. The molecule has 5 nitrogen and oxygen atoms in total. The van der Waals surface area contributed by atoms with Gasteiger partial charge in [-0.2, -0.15) is 0 Å². The number of carbonyl (C=O) groups is 1. The average Bonchev–Trinajstić information content (AvgIpc) is 2.54. The molecule has 0 aliphatic rings. The smallest absolute Gasteiger partial charge is 0.328 e. The molecule has 1 unspecified atom stereocenters. The summed E-state index contributed by atoms with van der Waals surface area (Å²) in [4.78, 5) is 24.5. The van der Waals surface area contributed by atoms with E-state index in [9.17, 15) is 9.59 Å². The van der Waals surface area contributed by atoms with E-state index in [4.69, 9.17) is 9.47 Å². The maximum absolute atomic E-state index is 12.5. The summed E-state index contributed by atoms with van der Waals surface area (Å²) in [5, 5.41) is 1.34. The third-order valence-electron chi connectivity index (χ3n) is 3.64. The van der Waals surface area contributed by atoms with Gasteiger partial charge in [0.1, 0.15) is 11.8 Å². The van der Waals surface area contributed by atoms with Crippen LogP contribution in [0.25, 0.3) is 10.8 Å². The number of pyridine rings is 1. The Bertz CT molecular complexity index is 720. The number of fused-ring (bicyclic) bond motifs is 1. The molecule has 0 aliphatic heterocycles. The third-order valence-corrected chi connectivity index (χ3v) is 3.64. The molecule has 0 N–H and O–H groups in total. The van der Waals surface area contributed by atoms with Crippen molar-refractivity contribution in [1.29, 1.82) is 0 Å². The van der Waals surface area contributed by atoms with Crippen LogP contribution in [0.15, 0.2) is 35.3 Å². The lowest BCUT2D eigenvalue weighted by Gasteiger charge is -2.15. The van der Waals surface area contributed by atoms with Crippen LogP contribution in [0.5, 0.6) is 5.75 Å². The zero-order valence-electron chi connectivity index (χ0n) is 13.2. The van der Waals surface area contributed by atoms with Crippen LogP contribution >= 0.6 is 0 Å². The summed E-state index contributed by atoms with van der Waals surface area (Å²) in [6.45, 7) is 4.09. The Morgan fingerprint density at radius 3 is 2.77 bits per heavy atom. The monoisotopic (exact) mass is 303 g/mol. The summed E-state index contributed by atoms with van der Waals surface area (Å²) < 4.78 is 11.7. The maximum Gasteiger partial charge on any atom is 0.328 e. The predicted octanol–water partition coefficient (Wildman–Crippen LogP) is 2.91. The van der Waals surface area contributed by atoms with Crippen LogP contribution in [0.2, 0.25) is 0 Å². The van der Waals surface area contributed by atoms with Gasteiger partial charge < -0.3 is 14.0 Å². The van der Waals surface area contributed by atoms with Crippen LogP contribution in [0.4, 0.5) is 0 Å². The van der Waals surface area contributed by atoms with E-state index < -0.39 is 6.04 Å². The number of carbonyl (C=O) groups excluding carboxylic acids is 1. The first-order valence-corrected chi connectivity index (χ1v) is 7.44. The number of rotatable bonds is 6. The number of aromatic nitrogens is 1. The molecule has 2 aromatic rings. The molecule has 118 valence electrons. The van der Waals surface area contributed by atoms with Crippen LogP contribution in [0.1, 0.15) is 32.7 Å². The summed E-state index contributed by atoms with van der Waals surface area (Å²) in [6.07, 6.45) is 3.40. The lowest BCUT2D eigenvalue weighted by Crippen LogP contribution is -2.29. The lowest BCUT2D eigenvalue weighted by atomic mass is 10.1. The fourth-order valence-corrected chi connectivity index (χ4v) is 2.22. The topological polar surface area (TPSA) is 57.5 Å². The van der Waals surface area contributed by atoms with Crippen molar-refractivity contribution in [1.82, 2.24) is 4.57 Å². The minimum atomic E-state index is -0.643. The molecule has 2 rings (SSSR count). The zero-order chi connectivity index (χ0) is 16.1. The van der Waals surface area contributed by atoms with E-state index in [0.717, 1.165) is 18.2 Å². The van der Waals surface area contributed by atoms with E-state index in [2.05, 4.69) is 0 Å². The molecule has 0 fully saturated rings. The quantitative estimate of drug-likeness (QED) is 0.608. The molecule has 0 saturated heterocycles. The molecule has 1 aromatic heterocycles. The number of nitrogens with zero attached hydrogens (tertiary/aromatic N) is 1. The van der Waals surface area contributed by atoms with Crippen LogP contribution in [0.3, 0.4) is 0 Å². The van der Waals surface area contributed by atoms with Crippen molar-refractivity contribution in [3.63, 3.8) is 0 Å². The third kappa shape index (κ3) is 3.30. The number of unbranched alkanes of at least 4 members (excludes halogenated alkanes) is 1.